The number of nitrogens with one attached hydrogen (secondary N) is 1. The average molecular weight is 288 g/mol. The number of carbonyl (C=O) groups excluding carboxylic acids is 1. The van der Waals surface area contributed by atoms with Crippen LogP contribution in [0.3, 0.4) is 0 Å². The maximum atomic E-state index is 12.8. The van der Waals surface area contributed by atoms with Gasteiger partial charge in [0.2, 0.25) is 0 Å². The van der Waals surface area contributed by atoms with E-state index in [2.05, 4.69) is 11.9 Å². The van der Waals surface area contributed by atoms with Gasteiger partial charge in [-0.2, -0.15) is 0 Å². The van der Waals surface area contributed by atoms with Crippen LogP contribution in [0.15, 0.2) is 17.1 Å². The molecular formula is C17H24N2O2. The Morgan fingerprint density at radius 3 is 2.90 bits per heavy atom. The van der Waals surface area contributed by atoms with Gasteiger partial charge in [0.05, 0.1) is 0 Å². The number of piperidine rings is 1. The molecule has 2 aliphatic rings. The molecule has 2 fully saturated rings. The molecule has 1 aromatic rings. The summed E-state index contributed by atoms with van der Waals surface area (Å²) >= 11 is 0. The number of H-pyrrole nitrogens is 1. The summed E-state index contributed by atoms with van der Waals surface area (Å²) in [5.74, 6) is 1.31. The zero-order valence-electron chi connectivity index (χ0n) is 12.9. The Morgan fingerprint density at radius 2 is 2.14 bits per heavy atom. The Morgan fingerprint density at radius 1 is 1.33 bits per heavy atom. The second-order valence-corrected chi connectivity index (χ2v) is 6.78. The van der Waals surface area contributed by atoms with Gasteiger partial charge in [-0.3, -0.25) is 9.59 Å². The molecule has 4 heteroatoms. The first-order valence-corrected chi connectivity index (χ1v) is 8.06. The summed E-state index contributed by atoms with van der Waals surface area (Å²) < 4.78 is 0. The Balaban J connectivity index is 1.85. The van der Waals surface area contributed by atoms with Crippen molar-refractivity contribution in [1.29, 1.82) is 0 Å². The summed E-state index contributed by atoms with van der Waals surface area (Å²) in [6.07, 6.45) is 7.36. The summed E-state index contributed by atoms with van der Waals surface area (Å²) in [5, 5.41) is 0. The van der Waals surface area contributed by atoms with Gasteiger partial charge in [0, 0.05) is 30.5 Å². The normalized spacial score (nSPS) is 29.0. The van der Waals surface area contributed by atoms with E-state index in [9.17, 15) is 9.59 Å². The molecule has 0 unspecified atom stereocenters. The number of aryl methyl sites for hydroxylation is 1. The van der Waals surface area contributed by atoms with Crippen molar-refractivity contribution in [2.45, 2.75) is 52.0 Å². The fraction of sp³-hybridized carbons (Fsp3) is 0.647. The molecule has 1 aromatic heterocycles. The summed E-state index contributed by atoms with van der Waals surface area (Å²) in [4.78, 5) is 29.8. The molecule has 0 spiro atoms. The molecular weight excluding hydrogens is 264 g/mol. The lowest BCUT2D eigenvalue weighted by molar-refractivity contribution is 0.0320. The van der Waals surface area contributed by atoms with Crippen LogP contribution < -0.4 is 5.43 Å². The van der Waals surface area contributed by atoms with Crippen LogP contribution in [0.5, 0.6) is 0 Å². The lowest BCUT2D eigenvalue weighted by Gasteiger charge is -2.45. The van der Waals surface area contributed by atoms with Crippen LogP contribution in [0.25, 0.3) is 0 Å². The largest absolute Gasteiger partial charge is 0.364 e. The number of rotatable bonds is 1. The average Bonchev–Trinajstić information content (AvgIpc) is 2.45. The highest BCUT2D eigenvalue weighted by atomic mass is 16.2. The highest BCUT2D eigenvalue weighted by Crippen LogP contribution is 2.38. The number of hydrogen-bond acceptors (Lipinski definition) is 2. The smallest absolute Gasteiger partial charge is 0.259 e. The van der Waals surface area contributed by atoms with E-state index < -0.39 is 0 Å². The van der Waals surface area contributed by atoms with Gasteiger partial charge in [-0.1, -0.05) is 6.92 Å². The second kappa shape index (κ2) is 5.66. The molecule has 1 aliphatic carbocycles. The van der Waals surface area contributed by atoms with Gasteiger partial charge in [0.25, 0.3) is 5.91 Å². The standard InChI is InChI=1S/C17H24N2O2/c1-11-5-6-15-13(8-11)4-3-7-19(15)17(21)14-10-18-12(2)9-16(14)20/h9-11,13,15H,3-8H2,1-2H3,(H,18,20)/t11-,13+,15+/m0/s1. The van der Waals surface area contributed by atoms with Crippen molar-refractivity contribution in [2.75, 3.05) is 6.54 Å². The molecule has 3 atom stereocenters. The molecule has 1 saturated carbocycles. The van der Waals surface area contributed by atoms with Crippen molar-refractivity contribution in [1.82, 2.24) is 9.88 Å². The summed E-state index contributed by atoms with van der Waals surface area (Å²) in [7, 11) is 0. The topological polar surface area (TPSA) is 53.2 Å². The van der Waals surface area contributed by atoms with Crippen LogP contribution in [-0.2, 0) is 0 Å². The highest BCUT2D eigenvalue weighted by molar-refractivity contribution is 5.94. The molecule has 1 N–H and O–H groups in total. The van der Waals surface area contributed by atoms with E-state index in [0.717, 1.165) is 31.0 Å². The predicted molar refractivity (Wildman–Crippen MR) is 82.4 cm³/mol. The van der Waals surface area contributed by atoms with Gasteiger partial charge in [-0.05, 0) is 50.9 Å². The zero-order valence-corrected chi connectivity index (χ0v) is 12.9. The van der Waals surface area contributed by atoms with E-state index in [1.165, 1.54) is 25.3 Å². The van der Waals surface area contributed by atoms with Gasteiger partial charge in [0.15, 0.2) is 5.43 Å². The maximum Gasteiger partial charge on any atom is 0.259 e. The molecule has 2 heterocycles. The van der Waals surface area contributed by atoms with E-state index in [1.54, 1.807) is 6.20 Å². The fourth-order valence-corrected chi connectivity index (χ4v) is 4.04. The van der Waals surface area contributed by atoms with E-state index in [1.807, 2.05) is 11.8 Å². The van der Waals surface area contributed by atoms with Crippen molar-refractivity contribution < 1.29 is 4.79 Å². The Hall–Kier alpha value is -1.58. The Labute approximate surface area is 125 Å². The van der Waals surface area contributed by atoms with Crippen LogP contribution in [0.4, 0.5) is 0 Å². The van der Waals surface area contributed by atoms with E-state index >= 15 is 0 Å². The monoisotopic (exact) mass is 288 g/mol. The number of fused-ring (bicyclic) bond motifs is 1. The molecule has 1 amide bonds. The molecule has 3 rings (SSSR count). The van der Waals surface area contributed by atoms with Gasteiger partial charge in [0.1, 0.15) is 5.56 Å². The molecule has 0 aromatic carbocycles. The molecule has 1 aliphatic heterocycles. The maximum absolute atomic E-state index is 12.8. The van der Waals surface area contributed by atoms with Crippen molar-refractivity contribution >= 4 is 5.91 Å². The summed E-state index contributed by atoms with van der Waals surface area (Å²) in [5.41, 5.74) is 0.919. The number of likely N-dealkylation sites (tertiary alicyclic amines) is 1. The van der Waals surface area contributed by atoms with Crippen LogP contribution in [0.2, 0.25) is 0 Å². The van der Waals surface area contributed by atoms with Crippen molar-refractivity contribution in [3.8, 4) is 0 Å². The van der Waals surface area contributed by atoms with Crippen molar-refractivity contribution in [3.63, 3.8) is 0 Å². The Bertz CT molecular complexity index is 593. The number of aromatic nitrogens is 1. The van der Waals surface area contributed by atoms with Gasteiger partial charge >= 0.3 is 0 Å². The minimum atomic E-state index is -0.164. The van der Waals surface area contributed by atoms with Crippen LogP contribution in [0, 0.1) is 18.8 Å². The van der Waals surface area contributed by atoms with Gasteiger partial charge < -0.3 is 9.88 Å². The number of pyridine rings is 1. The number of amides is 1. The van der Waals surface area contributed by atoms with E-state index in [0.29, 0.717) is 17.5 Å². The van der Waals surface area contributed by atoms with E-state index in [-0.39, 0.29) is 11.3 Å². The first kappa shape index (κ1) is 14.4. The van der Waals surface area contributed by atoms with Gasteiger partial charge in [-0.25, -0.2) is 0 Å². The number of aromatic amines is 1. The van der Waals surface area contributed by atoms with Crippen LogP contribution in [0.1, 0.15) is 55.1 Å². The van der Waals surface area contributed by atoms with Crippen LogP contribution in [-0.4, -0.2) is 28.4 Å². The number of carbonyl (C=O) groups is 1. The number of nitrogens with zero attached hydrogens (tertiary/aromatic N) is 1. The van der Waals surface area contributed by atoms with Gasteiger partial charge in [-0.15, -0.1) is 0 Å². The number of hydrogen-bond donors (Lipinski definition) is 1. The molecule has 114 valence electrons. The summed E-state index contributed by atoms with van der Waals surface area (Å²) in [6, 6.07) is 1.85. The van der Waals surface area contributed by atoms with Crippen molar-refractivity contribution in [3.05, 3.63) is 33.7 Å². The summed E-state index contributed by atoms with van der Waals surface area (Å²) in [6.45, 7) is 4.93. The van der Waals surface area contributed by atoms with Crippen molar-refractivity contribution in [2.24, 2.45) is 11.8 Å². The molecule has 4 nitrogen and oxygen atoms in total. The third kappa shape index (κ3) is 2.76. The van der Waals surface area contributed by atoms with Crippen LogP contribution >= 0.6 is 0 Å². The quantitative estimate of drug-likeness (QED) is 0.864. The molecule has 0 bridgehead atoms. The fourth-order valence-electron chi connectivity index (χ4n) is 4.04. The SMILES string of the molecule is Cc1cc(=O)c(C(=O)N2CCC[C@@H]3C[C@@H](C)CC[C@H]32)c[nH]1. The highest BCUT2D eigenvalue weighted by Gasteiger charge is 2.38. The lowest BCUT2D eigenvalue weighted by atomic mass is 9.74. The first-order chi connectivity index (χ1) is 10.1. The molecule has 21 heavy (non-hydrogen) atoms. The third-order valence-corrected chi connectivity index (χ3v) is 5.13. The lowest BCUT2D eigenvalue weighted by Crippen LogP contribution is -2.51. The minimum Gasteiger partial charge on any atom is -0.364 e. The first-order valence-electron chi connectivity index (χ1n) is 8.06. The minimum absolute atomic E-state index is 0.0829. The van der Waals surface area contributed by atoms with E-state index in [4.69, 9.17) is 0 Å². The molecule has 1 saturated heterocycles. The zero-order chi connectivity index (χ0) is 15.0. The third-order valence-electron chi connectivity index (χ3n) is 5.13. The Kier molecular flexibility index (Phi) is 3.87. The molecule has 0 radical (unpaired) electrons. The predicted octanol–water partition coefficient (Wildman–Crippen LogP) is 2.72. The second-order valence-electron chi connectivity index (χ2n) is 6.78.